The molecule has 0 radical (unpaired) electrons. The Morgan fingerprint density at radius 1 is 0.952 bits per heavy atom. The van der Waals surface area contributed by atoms with E-state index in [1.54, 1.807) is 36.7 Å². The van der Waals surface area contributed by atoms with Gasteiger partial charge in [-0.2, -0.15) is 0 Å². The van der Waals surface area contributed by atoms with Crippen LogP contribution in [0.3, 0.4) is 0 Å². The number of rotatable bonds is 9. The number of carboxylic acid groups (broad SMARTS) is 1. The van der Waals surface area contributed by atoms with Gasteiger partial charge in [0, 0.05) is 40.8 Å². The summed E-state index contributed by atoms with van der Waals surface area (Å²) >= 11 is 0. The van der Waals surface area contributed by atoms with E-state index in [0.717, 1.165) is 5.56 Å². The van der Waals surface area contributed by atoms with Crippen molar-refractivity contribution in [3.05, 3.63) is 95.7 Å². The number of aromatic carboxylic acids is 1. The standard InChI is InChI=1S/C32H29F2N3O5/c1-32(2,12-11-18-15-35-17-36-16-18)30-27(19-5-7-21(31(39)40)25(13-19)41-3)28-24(10-9-23(34)29(28)38)37(30)20-6-8-22(33)26(14-20)42-4/h5-10,13-17,38H,11-12H2,1-4H3,(H,39,40). The van der Waals surface area contributed by atoms with Gasteiger partial charge in [0.2, 0.25) is 0 Å². The van der Waals surface area contributed by atoms with Crippen LogP contribution in [0.15, 0.2) is 67.3 Å². The smallest absolute Gasteiger partial charge is 0.339 e. The Labute approximate surface area is 240 Å². The van der Waals surface area contributed by atoms with Crippen LogP contribution in [-0.4, -0.2) is 44.9 Å². The van der Waals surface area contributed by atoms with Gasteiger partial charge in [-0.25, -0.2) is 23.5 Å². The van der Waals surface area contributed by atoms with Gasteiger partial charge in [-0.05, 0) is 60.4 Å². The van der Waals surface area contributed by atoms with Gasteiger partial charge in [-0.15, -0.1) is 0 Å². The zero-order valence-corrected chi connectivity index (χ0v) is 23.5. The molecule has 216 valence electrons. The number of hydrogen-bond donors (Lipinski definition) is 2. The molecule has 10 heteroatoms. The van der Waals surface area contributed by atoms with Crippen LogP contribution in [0.4, 0.5) is 8.78 Å². The Morgan fingerprint density at radius 2 is 1.64 bits per heavy atom. The van der Waals surface area contributed by atoms with E-state index in [2.05, 4.69) is 9.97 Å². The fraction of sp³-hybridized carbons (Fsp3) is 0.219. The van der Waals surface area contributed by atoms with Crippen molar-refractivity contribution in [2.75, 3.05) is 14.2 Å². The number of phenolic OH excluding ortho intramolecular Hbond substituents is 1. The van der Waals surface area contributed by atoms with Crippen LogP contribution in [-0.2, 0) is 11.8 Å². The molecule has 2 aromatic heterocycles. The molecule has 0 fully saturated rings. The molecule has 5 aromatic rings. The van der Waals surface area contributed by atoms with E-state index in [-0.39, 0.29) is 22.4 Å². The number of ether oxygens (including phenoxy) is 2. The Morgan fingerprint density at radius 3 is 2.31 bits per heavy atom. The van der Waals surface area contributed by atoms with E-state index in [4.69, 9.17) is 9.47 Å². The van der Waals surface area contributed by atoms with E-state index in [1.165, 1.54) is 44.8 Å². The van der Waals surface area contributed by atoms with Gasteiger partial charge in [-0.3, -0.25) is 0 Å². The number of aromatic hydroxyl groups is 1. The SMILES string of the molecule is COc1cc(-n2c(C(C)(C)CCc3cncnc3)c(-c3ccc(C(=O)O)c(OC)c3)c3c(O)c(F)ccc32)ccc1F. The first-order chi connectivity index (χ1) is 20.1. The number of hydrogen-bond acceptors (Lipinski definition) is 6. The van der Waals surface area contributed by atoms with Crippen LogP contribution in [0.1, 0.15) is 41.9 Å². The van der Waals surface area contributed by atoms with Crippen LogP contribution in [0.25, 0.3) is 27.7 Å². The second kappa shape index (κ2) is 11.1. The van der Waals surface area contributed by atoms with Crippen molar-refractivity contribution >= 4 is 16.9 Å². The number of fused-ring (bicyclic) bond motifs is 1. The highest BCUT2D eigenvalue weighted by Gasteiger charge is 2.34. The van der Waals surface area contributed by atoms with Crippen LogP contribution in [0.5, 0.6) is 17.2 Å². The molecule has 2 heterocycles. The van der Waals surface area contributed by atoms with E-state index in [1.807, 2.05) is 18.4 Å². The molecule has 5 rings (SSSR count). The molecular formula is C32H29F2N3O5. The van der Waals surface area contributed by atoms with Crippen molar-refractivity contribution in [2.24, 2.45) is 0 Å². The number of methoxy groups -OCH3 is 2. The highest BCUT2D eigenvalue weighted by atomic mass is 19.1. The third kappa shape index (κ3) is 5.00. The monoisotopic (exact) mass is 573 g/mol. The molecule has 0 bridgehead atoms. The highest BCUT2D eigenvalue weighted by Crippen LogP contribution is 2.48. The summed E-state index contributed by atoms with van der Waals surface area (Å²) < 4.78 is 42.0. The number of nitrogens with zero attached hydrogens (tertiary/aromatic N) is 3. The number of aromatic nitrogens is 3. The minimum absolute atomic E-state index is 0.0138. The molecule has 0 unspecified atom stereocenters. The molecule has 0 aliphatic heterocycles. The van der Waals surface area contributed by atoms with Crippen molar-refractivity contribution in [1.82, 2.24) is 14.5 Å². The normalized spacial score (nSPS) is 11.6. The lowest BCUT2D eigenvalue weighted by Gasteiger charge is -2.29. The number of benzene rings is 3. The van der Waals surface area contributed by atoms with Gasteiger partial charge in [0.05, 0.1) is 25.1 Å². The average molecular weight is 574 g/mol. The second-order valence-electron chi connectivity index (χ2n) is 10.5. The van der Waals surface area contributed by atoms with Gasteiger partial charge in [0.15, 0.2) is 23.1 Å². The Bertz CT molecular complexity index is 1800. The summed E-state index contributed by atoms with van der Waals surface area (Å²) in [7, 11) is 2.73. The second-order valence-corrected chi connectivity index (χ2v) is 10.5. The number of carbonyl (C=O) groups is 1. The van der Waals surface area contributed by atoms with Crippen LogP contribution >= 0.6 is 0 Å². The van der Waals surface area contributed by atoms with Crippen LogP contribution < -0.4 is 9.47 Å². The summed E-state index contributed by atoms with van der Waals surface area (Å²) in [5.41, 5.74) is 2.85. The van der Waals surface area contributed by atoms with Crippen LogP contribution in [0.2, 0.25) is 0 Å². The third-order valence-corrected chi connectivity index (χ3v) is 7.47. The quantitative estimate of drug-likeness (QED) is 0.202. The topological polar surface area (TPSA) is 107 Å². The number of carboxylic acids is 1. The third-order valence-electron chi connectivity index (χ3n) is 7.47. The van der Waals surface area contributed by atoms with Gasteiger partial charge in [0.25, 0.3) is 0 Å². The fourth-order valence-electron chi connectivity index (χ4n) is 5.37. The van der Waals surface area contributed by atoms with Crippen molar-refractivity contribution in [1.29, 1.82) is 0 Å². The summed E-state index contributed by atoms with van der Waals surface area (Å²) in [6.07, 6.45) is 6.11. The number of aryl methyl sites for hydroxylation is 1. The van der Waals surface area contributed by atoms with Gasteiger partial charge in [-0.1, -0.05) is 19.9 Å². The largest absolute Gasteiger partial charge is 0.504 e. The maximum Gasteiger partial charge on any atom is 0.339 e. The summed E-state index contributed by atoms with van der Waals surface area (Å²) in [6, 6.07) is 11.7. The predicted molar refractivity (Wildman–Crippen MR) is 154 cm³/mol. The molecule has 0 saturated carbocycles. The van der Waals surface area contributed by atoms with Gasteiger partial charge >= 0.3 is 5.97 Å². The van der Waals surface area contributed by atoms with Gasteiger partial charge in [0.1, 0.15) is 17.6 Å². The molecule has 0 aliphatic carbocycles. The van der Waals surface area contributed by atoms with Crippen molar-refractivity contribution in [3.8, 4) is 34.1 Å². The summed E-state index contributed by atoms with van der Waals surface area (Å²) in [5.74, 6) is -2.99. The lowest BCUT2D eigenvalue weighted by molar-refractivity contribution is 0.0693. The average Bonchev–Trinajstić information content (AvgIpc) is 3.35. The number of phenols is 1. The maximum absolute atomic E-state index is 15.0. The predicted octanol–water partition coefficient (Wildman–Crippen LogP) is 6.70. The van der Waals surface area contributed by atoms with Crippen molar-refractivity contribution in [2.45, 2.75) is 32.1 Å². The molecule has 0 saturated heterocycles. The minimum atomic E-state index is -1.17. The fourth-order valence-corrected chi connectivity index (χ4v) is 5.37. The minimum Gasteiger partial charge on any atom is -0.504 e. The highest BCUT2D eigenvalue weighted by molar-refractivity contribution is 6.04. The molecule has 0 atom stereocenters. The molecule has 2 N–H and O–H groups in total. The maximum atomic E-state index is 15.0. The first kappa shape index (κ1) is 28.5. The Hall–Kier alpha value is -4.99. The molecular weight excluding hydrogens is 544 g/mol. The van der Waals surface area contributed by atoms with E-state index < -0.39 is 28.8 Å². The summed E-state index contributed by atoms with van der Waals surface area (Å²) in [6.45, 7) is 4.03. The van der Waals surface area contributed by atoms with Crippen molar-refractivity contribution < 1.29 is 33.3 Å². The molecule has 8 nitrogen and oxygen atoms in total. The lowest BCUT2D eigenvalue weighted by Crippen LogP contribution is -2.23. The van der Waals surface area contributed by atoms with E-state index in [0.29, 0.717) is 40.9 Å². The van der Waals surface area contributed by atoms with Gasteiger partial charge < -0.3 is 24.3 Å². The molecule has 0 aliphatic rings. The van der Waals surface area contributed by atoms with Crippen molar-refractivity contribution in [3.63, 3.8) is 0 Å². The Balaban J connectivity index is 1.88. The lowest BCUT2D eigenvalue weighted by atomic mass is 9.79. The Kier molecular flexibility index (Phi) is 7.55. The molecule has 42 heavy (non-hydrogen) atoms. The first-order valence-corrected chi connectivity index (χ1v) is 13.1. The molecule has 3 aromatic carbocycles. The zero-order chi connectivity index (χ0) is 30.2. The summed E-state index contributed by atoms with van der Waals surface area (Å²) in [5, 5.41) is 21.0. The molecule has 0 spiro atoms. The van der Waals surface area contributed by atoms with Crippen LogP contribution in [0, 0.1) is 11.6 Å². The number of halogens is 2. The zero-order valence-electron chi connectivity index (χ0n) is 23.5. The van der Waals surface area contributed by atoms with E-state index >= 15 is 0 Å². The molecule has 0 amide bonds. The summed E-state index contributed by atoms with van der Waals surface area (Å²) in [4.78, 5) is 20.1. The first-order valence-electron chi connectivity index (χ1n) is 13.1. The van der Waals surface area contributed by atoms with E-state index in [9.17, 15) is 23.8 Å².